The van der Waals surface area contributed by atoms with Gasteiger partial charge in [0.05, 0.1) is 16.6 Å². The van der Waals surface area contributed by atoms with Gasteiger partial charge in [0, 0.05) is 36.8 Å². The normalized spacial score (nSPS) is 22.6. The maximum absolute atomic E-state index is 13.4. The molecule has 0 spiro atoms. The Morgan fingerprint density at radius 3 is 2.64 bits per heavy atom. The number of piperazine rings is 1. The van der Waals surface area contributed by atoms with E-state index in [0.717, 1.165) is 23.7 Å². The Labute approximate surface area is 161 Å². The first kappa shape index (κ1) is 17.3. The van der Waals surface area contributed by atoms with E-state index in [1.54, 1.807) is 39.7 Å². The minimum absolute atomic E-state index is 0.223. The average molecular weight is 398 g/mol. The van der Waals surface area contributed by atoms with Crippen LogP contribution in [0.5, 0.6) is 0 Å². The monoisotopic (exact) mass is 398 g/mol. The van der Waals surface area contributed by atoms with E-state index in [-0.39, 0.29) is 28.6 Å². The van der Waals surface area contributed by atoms with Crippen molar-refractivity contribution in [3.05, 3.63) is 48.4 Å². The third kappa shape index (κ3) is 2.68. The average Bonchev–Trinajstić information content (AvgIpc) is 3.34. The van der Waals surface area contributed by atoms with E-state index in [1.165, 1.54) is 6.20 Å². The van der Waals surface area contributed by atoms with Gasteiger partial charge in [-0.15, -0.1) is 0 Å². The van der Waals surface area contributed by atoms with Gasteiger partial charge in [-0.2, -0.15) is 19.7 Å². The number of amides is 1. The number of nitrogens with one attached hydrogen (secondary N) is 1. The Balaban J connectivity index is 1.44. The summed E-state index contributed by atoms with van der Waals surface area (Å²) in [4.78, 5) is 18.8. The maximum atomic E-state index is 13.4. The van der Waals surface area contributed by atoms with Gasteiger partial charge in [-0.1, -0.05) is 6.07 Å². The Bertz CT molecular complexity index is 1130. The van der Waals surface area contributed by atoms with Crippen molar-refractivity contribution in [2.45, 2.75) is 29.8 Å². The topological polar surface area (TPSA) is 112 Å². The van der Waals surface area contributed by atoms with Gasteiger partial charge in [0.15, 0.2) is 5.69 Å². The Hall–Kier alpha value is -2.85. The number of sulfonamides is 1. The van der Waals surface area contributed by atoms with Gasteiger partial charge in [0.25, 0.3) is 5.91 Å². The molecule has 2 unspecified atom stereocenters. The van der Waals surface area contributed by atoms with E-state index < -0.39 is 10.0 Å². The quantitative estimate of drug-likeness (QED) is 0.705. The molecule has 3 aromatic rings. The van der Waals surface area contributed by atoms with Crippen molar-refractivity contribution in [2.75, 3.05) is 13.1 Å². The van der Waals surface area contributed by atoms with Gasteiger partial charge in [0.2, 0.25) is 10.0 Å². The number of rotatable bonds is 3. The lowest BCUT2D eigenvalue weighted by molar-refractivity contribution is 0.0609. The molecule has 0 aliphatic carbocycles. The van der Waals surface area contributed by atoms with Crippen molar-refractivity contribution < 1.29 is 13.2 Å². The molecule has 0 saturated carbocycles. The second-order valence-corrected chi connectivity index (χ2v) is 8.99. The fourth-order valence-corrected chi connectivity index (χ4v) is 6.11. The standard InChI is InChI=1S/C18H18N6O3S/c25-18(17-9-20-22-21-17)23-10-13-3-4-14(11-23)24(13)28(26,27)15-5-6-16-12(8-15)2-1-7-19-16/h1-2,5-9,13-14H,3-4,10-11H2,(H,20,21,22). The molecule has 1 amide bonds. The van der Waals surface area contributed by atoms with Crippen molar-refractivity contribution in [1.82, 2.24) is 29.6 Å². The zero-order valence-electron chi connectivity index (χ0n) is 14.9. The van der Waals surface area contributed by atoms with Crippen molar-refractivity contribution in [3.8, 4) is 0 Å². The van der Waals surface area contributed by atoms with Gasteiger partial charge >= 0.3 is 0 Å². The van der Waals surface area contributed by atoms with Crippen LogP contribution in [-0.2, 0) is 10.0 Å². The second kappa shape index (κ2) is 6.35. The maximum Gasteiger partial charge on any atom is 0.276 e. The molecule has 1 N–H and O–H groups in total. The fraction of sp³-hybridized carbons (Fsp3) is 0.333. The number of nitrogens with zero attached hydrogens (tertiary/aromatic N) is 5. The Morgan fingerprint density at radius 2 is 1.93 bits per heavy atom. The number of benzene rings is 1. The minimum atomic E-state index is -3.66. The molecule has 5 rings (SSSR count). The summed E-state index contributed by atoms with van der Waals surface area (Å²) < 4.78 is 28.3. The van der Waals surface area contributed by atoms with Crippen LogP contribution in [0.4, 0.5) is 0 Å². The highest BCUT2D eigenvalue weighted by Gasteiger charge is 2.48. The number of carbonyl (C=O) groups excluding carboxylic acids is 1. The molecular weight excluding hydrogens is 380 g/mol. The van der Waals surface area contributed by atoms with Crippen molar-refractivity contribution in [1.29, 1.82) is 0 Å². The van der Waals surface area contributed by atoms with Crippen LogP contribution in [0.3, 0.4) is 0 Å². The van der Waals surface area contributed by atoms with Gasteiger partial charge in [-0.25, -0.2) is 8.42 Å². The molecule has 9 nitrogen and oxygen atoms in total. The third-order valence-corrected chi connectivity index (χ3v) is 7.49. The molecule has 2 aromatic heterocycles. The lowest BCUT2D eigenvalue weighted by Gasteiger charge is -2.39. The molecule has 0 radical (unpaired) electrons. The molecule has 4 heterocycles. The summed E-state index contributed by atoms with van der Waals surface area (Å²) in [6.45, 7) is 0.715. The van der Waals surface area contributed by atoms with Crippen LogP contribution in [0.15, 0.2) is 47.6 Å². The first-order valence-corrected chi connectivity index (χ1v) is 10.5. The predicted octanol–water partition coefficient (Wildman–Crippen LogP) is 1.03. The van der Waals surface area contributed by atoms with Crippen molar-refractivity contribution >= 4 is 26.8 Å². The minimum Gasteiger partial charge on any atom is -0.334 e. The fourth-order valence-electron chi connectivity index (χ4n) is 4.23. The zero-order valence-corrected chi connectivity index (χ0v) is 15.7. The number of hydrogen-bond acceptors (Lipinski definition) is 6. The van der Waals surface area contributed by atoms with E-state index in [1.807, 2.05) is 6.07 Å². The molecular formula is C18H18N6O3S. The number of aromatic amines is 1. The summed E-state index contributed by atoms with van der Waals surface area (Å²) in [5.74, 6) is -0.223. The van der Waals surface area contributed by atoms with Gasteiger partial charge in [-0.3, -0.25) is 9.78 Å². The van der Waals surface area contributed by atoms with Crippen LogP contribution < -0.4 is 0 Å². The Morgan fingerprint density at radius 1 is 1.14 bits per heavy atom. The van der Waals surface area contributed by atoms with Crippen LogP contribution in [-0.4, -0.2) is 69.1 Å². The van der Waals surface area contributed by atoms with Gasteiger partial charge in [0.1, 0.15) is 0 Å². The highest BCUT2D eigenvalue weighted by atomic mass is 32.2. The van der Waals surface area contributed by atoms with Crippen LogP contribution in [0.1, 0.15) is 23.3 Å². The molecule has 2 fully saturated rings. The highest BCUT2D eigenvalue weighted by molar-refractivity contribution is 7.89. The number of pyridine rings is 1. The van der Waals surface area contributed by atoms with E-state index >= 15 is 0 Å². The number of H-pyrrole nitrogens is 1. The van der Waals surface area contributed by atoms with Crippen LogP contribution in [0.2, 0.25) is 0 Å². The summed E-state index contributed by atoms with van der Waals surface area (Å²) in [5.41, 5.74) is 1.00. The van der Waals surface area contributed by atoms with E-state index in [2.05, 4.69) is 20.4 Å². The molecule has 2 aliphatic rings. The molecule has 2 atom stereocenters. The number of fused-ring (bicyclic) bond motifs is 3. The molecule has 2 aliphatic heterocycles. The van der Waals surface area contributed by atoms with Gasteiger partial charge < -0.3 is 4.90 Å². The molecule has 2 saturated heterocycles. The summed E-state index contributed by atoms with van der Waals surface area (Å²) in [6.07, 6.45) is 4.54. The SMILES string of the molecule is O=C(c1cn[nH]n1)N1CC2CCC(C1)N2S(=O)(=O)c1ccc2ncccc2c1. The summed E-state index contributed by atoms with van der Waals surface area (Å²) in [6, 6.07) is 8.19. The Kier molecular flexibility index (Phi) is 3.91. The molecule has 10 heteroatoms. The van der Waals surface area contributed by atoms with E-state index in [0.29, 0.717) is 13.1 Å². The predicted molar refractivity (Wildman–Crippen MR) is 99.9 cm³/mol. The van der Waals surface area contributed by atoms with Gasteiger partial charge in [-0.05, 0) is 37.1 Å². The second-order valence-electron chi connectivity index (χ2n) is 7.14. The van der Waals surface area contributed by atoms with Crippen LogP contribution in [0.25, 0.3) is 10.9 Å². The molecule has 1 aromatic carbocycles. The molecule has 144 valence electrons. The number of hydrogen-bond donors (Lipinski definition) is 1. The first-order chi connectivity index (χ1) is 13.5. The lowest BCUT2D eigenvalue weighted by Crippen LogP contribution is -2.57. The molecule has 2 bridgehead atoms. The van der Waals surface area contributed by atoms with E-state index in [9.17, 15) is 13.2 Å². The summed E-state index contributed by atoms with van der Waals surface area (Å²) in [5, 5.41) is 10.7. The number of carbonyl (C=O) groups is 1. The third-order valence-electron chi connectivity index (χ3n) is 5.49. The van der Waals surface area contributed by atoms with Crippen molar-refractivity contribution in [3.63, 3.8) is 0 Å². The first-order valence-electron chi connectivity index (χ1n) is 9.07. The summed E-state index contributed by atoms with van der Waals surface area (Å²) in [7, 11) is -3.66. The highest BCUT2D eigenvalue weighted by Crippen LogP contribution is 2.36. The smallest absolute Gasteiger partial charge is 0.276 e. The molecule has 28 heavy (non-hydrogen) atoms. The zero-order chi connectivity index (χ0) is 19.3. The van der Waals surface area contributed by atoms with Crippen LogP contribution >= 0.6 is 0 Å². The lowest BCUT2D eigenvalue weighted by atomic mass is 10.2. The largest absolute Gasteiger partial charge is 0.334 e. The summed E-state index contributed by atoms with van der Waals surface area (Å²) >= 11 is 0. The number of likely N-dealkylation sites (tertiary alicyclic amines) is 1. The van der Waals surface area contributed by atoms with Crippen LogP contribution in [0, 0.1) is 0 Å². The van der Waals surface area contributed by atoms with Crippen molar-refractivity contribution in [2.24, 2.45) is 0 Å². The number of aromatic nitrogens is 4. The van der Waals surface area contributed by atoms with E-state index in [4.69, 9.17) is 0 Å².